The van der Waals surface area contributed by atoms with Gasteiger partial charge in [0, 0.05) is 12.6 Å². The molecule has 0 aromatic heterocycles. The second-order valence-corrected chi connectivity index (χ2v) is 6.36. The molecule has 1 spiro atoms. The summed E-state index contributed by atoms with van der Waals surface area (Å²) in [5, 5.41) is 3.58. The first-order valence-electron chi connectivity index (χ1n) is 7.09. The molecule has 0 radical (unpaired) electrons. The summed E-state index contributed by atoms with van der Waals surface area (Å²) < 4.78 is 0. The molecule has 2 rings (SSSR count). The molecule has 94 valence electrons. The standard InChI is InChI=1S/C14H28N2/c1-4-15-13-9-14(10-13)5-7-16(8-6-14)11-12(2)3/h12-13,15H,4-11H2,1-3H3. The maximum Gasteiger partial charge on any atom is 0.00775 e. The molecule has 0 unspecified atom stereocenters. The Kier molecular flexibility index (Phi) is 3.91. The van der Waals surface area contributed by atoms with Crippen LogP contribution in [0.3, 0.4) is 0 Å². The average molecular weight is 224 g/mol. The normalized spacial score (nSPS) is 26.2. The lowest BCUT2D eigenvalue weighted by atomic mass is 9.60. The van der Waals surface area contributed by atoms with Gasteiger partial charge in [-0.2, -0.15) is 0 Å². The second kappa shape index (κ2) is 5.05. The zero-order valence-electron chi connectivity index (χ0n) is 11.3. The third-order valence-electron chi connectivity index (χ3n) is 4.39. The lowest BCUT2D eigenvalue weighted by molar-refractivity contribution is 0.00383. The van der Waals surface area contributed by atoms with Gasteiger partial charge in [-0.1, -0.05) is 20.8 Å². The van der Waals surface area contributed by atoms with E-state index in [0.717, 1.165) is 23.9 Å². The number of hydrogen-bond donors (Lipinski definition) is 1. The molecule has 0 bridgehead atoms. The van der Waals surface area contributed by atoms with E-state index in [1.165, 1.54) is 45.3 Å². The molecular formula is C14H28N2. The van der Waals surface area contributed by atoms with E-state index >= 15 is 0 Å². The van der Waals surface area contributed by atoms with Gasteiger partial charge in [-0.05, 0) is 56.7 Å². The molecule has 1 heterocycles. The van der Waals surface area contributed by atoms with Gasteiger partial charge in [-0.3, -0.25) is 0 Å². The van der Waals surface area contributed by atoms with Crippen LogP contribution in [-0.4, -0.2) is 37.1 Å². The van der Waals surface area contributed by atoms with Gasteiger partial charge < -0.3 is 10.2 Å². The van der Waals surface area contributed by atoms with Crippen LogP contribution in [0.15, 0.2) is 0 Å². The Hall–Kier alpha value is -0.0800. The van der Waals surface area contributed by atoms with Crippen molar-refractivity contribution in [1.29, 1.82) is 0 Å². The number of hydrogen-bond acceptors (Lipinski definition) is 2. The zero-order chi connectivity index (χ0) is 11.6. The van der Waals surface area contributed by atoms with E-state index in [1.807, 2.05) is 0 Å². The molecule has 1 aliphatic heterocycles. The first-order valence-corrected chi connectivity index (χ1v) is 7.09. The van der Waals surface area contributed by atoms with Crippen LogP contribution < -0.4 is 5.32 Å². The highest BCUT2D eigenvalue weighted by molar-refractivity contribution is 5.00. The van der Waals surface area contributed by atoms with E-state index in [2.05, 4.69) is 31.0 Å². The summed E-state index contributed by atoms with van der Waals surface area (Å²) in [5.74, 6) is 0.824. The largest absolute Gasteiger partial charge is 0.314 e. The molecule has 1 saturated carbocycles. The van der Waals surface area contributed by atoms with Gasteiger partial charge in [-0.25, -0.2) is 0 Å². The number of nitrogens with zero attached hydrogens (tertiary/aromatic N) is 1. The third-order valence-corrected chi connectivity index (χ3v) is 4.39. The van der Waals surface area contributed by atoms with Crippen molar-refractivity contribution < 1.29 is 0 Å². The van der Waals surface area contributed by atoms with Gasteiger partial charge >= 0.3 is 0 Å². The second-order valence-electron chi connectivity index (χ2n) is 6.36. The van der Waals surface area contributed by atoms with E-state index < -0.39 is 0 Å². The molecule has 2 fully saturated rings. The van der Waals surface area contributed by atoms with Gasteiger partial charge in [0.2, 0.25) is 0 Å². The van der Waals surface area contributed by atoms with Crippen molar-refractivity contribution in [2.45, 2.75) is 52.5 Å². The molecular weight excluding hydrogens is 196 g/mol. The molecule has 2 nitrogen and oxygen atoms in total. The Morgan fingerprint density at radius 1 is 1.25 bits per heavy atom. The van der Waals surface area contributed by atoms with Crippen LogP contribution in [0.1, 0.15) is 46.5 Å². The van der Waals surface area contributed by atoms with E-state index in [0.29, 0.717) is 0 Å². The fourth-order valence-corrected chi connectivity index (χ4v) is 3.55. The summed E-state index contributed by atoms with van der Waals surface area (Å²) in [7, 11) is 0. The van der Waals surface area contributed by atoms with Crippen LogP contribution in [0.2, 0.25) is 0 Å². The molecule has 2 aliphatic rings. The van der Waals surface area contributed by atoms with Crippen LogP contribution in [-0.2, 0) is 0 Å². The molecule has 1 N–H and O–H groups in total. The summed E-state index contributed by atoms with van der Waals surface area (Å²) in [6.07, 6.45) is 5.77. The molecule has 0 aromatic carbocycles. The Bertz CT molecular complexity index is 209. The Morgan fingerprint density at radius 2 is 1.88 bits per heavy atom. The molecule has 0 amide bonds. The SMILES string of the molecule is CCNC1CC2(CCN(CC(C)C)CC2)C1. The topological polar surface area (TPSA) is 15.3 Å². The summed E-state index contributed by atoms with van der Waals surface area (Å²) in [6, 6.07) is 0.835. The fourth-order valence-electron chi connectivity index (χ4n) is 3.55. The molecule has 16 heavy (non-hydrogen) atoms. The smallest absolute Gasteiger partial charge is 0.00775 e. The number of nitrogens with one attached hydrogen (secondary N) is 1. The van der Waals surface area contributed by atoms with Gasteiger partial charge in [0.25, 0.3) is 0 Å². The predicted molar refractivity (Wildman–Crippen MR) is 69.6 cm³/mol. The van der Waals surface area contributed by atoms with Gasteiger partial charge in [0.1, 0.15) is 0 Å². The average Bonchev–Trinajstić information content (AvgIpc) is 2.18. The van der Waals surface area contributed by atoms with Crippen molar-refractivity contribution in [3.8, 4) is 0 Å². The summed E-state index contributed by atoms with van der Waals surface area (Å²) in [4.78, 5) is 2.66. The van der Waals surface area contributed by atoms with Crippen LogP contribution in [0, 0.1) is 11.3 Å². The van der Waals surface area contributed by atoms with E-state index in [-0.39, 0.29) is 0 Å². The van der Waals surface area contributed by atoms with Crippen molar-refractivity contribution in [1.82, 2.24) is 10.2 Å². The fraction of sp³-hybridized carbons (Fsp3) is 1.00. The minimum absolute atomic E-state index is 0.736. The lowest BCUT2D eigenvalue weighted by Crippen LogP contribution is -2.54. The van der Waals surface area contributed by atoms with Gasteiger partial charge in [-0.15, -0.1) is 0 Å². The lowest BCUT2D eigenvalue weighted by Gasteiger charge is -2.52. The third kappa shape index (κ3) is 2.78. The first-order chi connectivity index (χ1) is 7.63. The van der Waals surface area contributed by atoms with Crippen molar-refractivity contribution in [2.24, 2.45) is 11.3 Å². The highest BCUT2D eigenvalue weighted by Crippen LogP contribution is 2.49. The molecule has 1 aliphatic carbocycles. The summed E-state index contributed by atoms with van der Waals surface area (Å²) in [6.45, 7) is 12.0. The zero-order valence-corrected chi connectivity index (χ0v) is 11.3. The molecule has 2 heteroatoms. The Balaban J connectivity index is 1.70. The predicted octanol–water partition coefficient (Wildman–Crippen LogP) is 2.50. The van der Waals surface area contributed by atoms with Crippen LogP contribution in [0.4, 0.5) is 0 Å². The molecule has 0 atom stereocenters. The molecule has 0 aromatic rings. The van der Waals surface area contributed by atoms with Crippen LogP contribution >= 0.6 is 0 Å². The minimum Gasteiger partial charge on any atom is -0.314 e. The summed E-state index contributed by atoms with van der Waals surface area (Å²) in [5.41, 5.74) is 0.736. The highest BCUT2D eigenvalue weighted by atomic mass is 15.1. The van der Waals surface area contributed by atoms with Crippen molar-refractivity contribution in [3.05, 3.63) is 0 Å². The van der Waals surface area contributed by atoms with Crippen LogP contribution in [0.25, 0.3) is 0 Å². The quantitative estimate of drug-likeness (QED) is 0.789. The Morgan fingerprint density at radius 3 is 2.38 bits per heavy atom. The number of piperidine rings is 1. The maximum atomic E-state index is 3.58. The monoisotopic (exact) mass is 224 g/mol. The highest BCUT2D eigenvalue weighted by Gasteiger charge is 2.45. The van der Waals surface area contributed by atoms with Gasteiger partial charge in [0.05, 0.1) is 0 Å². The number of likely N-dealkylation sites (tertiary alicyclic amines) is 1. The van der Waals surface area contributed by atoms with Crippen molar-refractivity contribution >= 4 is 0 Å². The van der Waals surface area contributed by atoms with Gasteiger partial charge in [0.15, 0.2) is 0 Å². The maximum absolute atomic E-state index is 3.58. The van der Waals surface area contributed by atoms with E-state index in [9.17, 15) is 0 Å². The van der Waals surface area contributed by atoms with E-state index in [1.54, 1.807) is 0 Å². The minimum atomic E-state index is 0.736. The van der Waals surface area contributed by atoms with Crippen molar-refractivity contribution in [3.63, 3.8) is 0 Å². The van der Waals surface area contributed by atoms with E-state index in [4.69, 9.17) is 0 Å². The first kappa shape index (κ1) is 12.4. The van der Waals surface area contributed by atoms with Crippen LogP contribution in [0.5, 0.6) is 0 Å². The molecule has 1 saturated heterocycles. The Labute approximate surface area is 101 Å². The van der Waals surface area contributed by atoms with Crippen molar-refractivity contribution in [2.75, 3.05) is 26.2 Å². The summed E-state index contributed by atoms with van der Waals surface area (Å²) >= 11 is 0. The number of rotatable bonds is 4.